The molecule has 1 heterocycles. The average molecular weight is 417 g/mol. The Balaban J connectivity index is 2.09. The summed E-state index contributed by atoms with van der Waals surface area (Å²) in [5.41, 5.74) is 5.62. The molecular weight excluding hydrogens is 395 g/mol. The smallest absolute Gasteiger partial charge is 0.387 e. The molecule has 0 bridgehead atoms. The van der Waals surface area contributed by atoms with Gasteiger partial charge in [0.2, 0.25) is 0 Å². The van der Waals surface area contributed by atoms with Gasteiger partial charge in [-0.15, -0.1) is 6.58 Å². The second-order valence-electron chi connectivity index (χ2n) is 6.91. The number of guanidine groups is 1. The highest BCUT2D eigenvalue weighted by Gasteiger charge is 2.49. The van der Waals surface area contributed by atoms with Gasteiger partial charge in [0.1, 0.15) is 11.9 Å². The molecule has 5 nitrogen and oxygen atoms in total. The van der Waals surface area contributed by atoms with E-state index in [1.54, 1.807) is 30.3 Å². The third-order valence-electron chi connectivity index (χ3n) is 5.03. The SMILES string of the molecule is C=CCCC(F)c1cccc(C2(c3ccc(OC(F)F)cc3)N=C(N)N(C)C2=O)c1. The summed E-state index contributed by atoms with van der Waals surface area (Å²) in [5.74, 6) is -0.482. The van der Waals surface area contributed by atoms with Gasteiger partial charge in [0, 0.05) is 7.05 Å². The quantitative estimate of drug-likeness (QED) is 0.652. The lowest BCUT2D eigenvalue weighted by Gasteiger charge is -2.27. The van der Waals surface area contributed by atoms with Gasteiger partial charge in [0.25, 0.3) is 5.91 Å². The predicted octanol–water partition coefficient (Wildman–Crippen LogP) is 4.30. The van der Waals surface area contributed by atoms with Crippen LogP contribution in [0.15, 0.2) is 66.2 Å². The fourth-order valence-corrected chi connectivity index (χ4v) is 3.45. The maximum Gasteiger partial charge on any atom is 0.387 e. The number of amides is 1. The number of rotatable bonds is 8. The van der Waals surface area contributed by atoms with E-state index in [2.05, 4.69) is 16.3 Å². The normalized spacial score (nSPS) is 19.7. The van der Waals surface area contributed by atoms with Crippen LogP contribution in [0.4, 0.5) is 13.2 Å². The highest BCUT2D eigenvalue weighted by Crippen LogP contribution is 2.41. The molecule has 2 unspecified atom stereocenters. The number of hydrogen-bond acceptors (Lipinski definition) is 4. The molecule has 0 saturated carbocycles. The zero-order valence-electron chi connectivity index (χ0n) is 16.4. The maximum atomic E-state index is 14.7. The number of likely N-dealkylation sites (N-methyl/N-ethyl adjacent to an activating group) is 1. The third kappa shape index (κ3) is 3.90. The van der Waals surface area contributed by atoms with Crippen molar-refractivity contribution in [3.05, 3.63) is 77.9 Å². The van der Waals surface area contributed by atoms with Crippen molar-refractivity contribution in [1.29, 1.82) is 0 Å². The van der Waals surface area contributed by atoms with Crippen molar-refractivity contribution in [2.75, 3.05) is 7.05 Å². The highest BCUT2D eigenvalue weighted by molar-refractivity contribution is 6.08. The fraction of sp³-hybridized carbons (Fsp3) is 0.273. The van der Waals surface area contributed by atoms with Gasteiger partial charge in [-0.25, -0.2) is 9.38 Å². The minimum absolute atomic E-state index is 0.00164. The summed E-state index contributed by atoms with van der Waals surface area (Å²) in [4.78, 5) is 18.9. The van der Waals surface area contributed by atoms with Gasteiger partial charge in [-0.1, -0.05) is 36.4 Å². The van der Waals surface area contributed by atoms with Crippen molar-refractivity contribution in [2.24, 2.45) is 10.7 Å². The summed E-state index contributed by atoms with van der Waals surface area (Å²) in [5, 5.41) is 0. The summed E-state index contributed by atoms with van der Waals surface area (Å²) in [6.45, 7) is 0.637. The summed E-state index contributed by atoms with van der Waals surface area (Å²) in [6, 6.07) is 12.1. The van der Waals surface area contributed by atoms with Crippen LogP contribution in [0, 0.1) is 0 Å². The van der Waals surface area contributed by atoms with Crippen LogP contribution in [-0.2, 0) is 10.3 Å². The van der Waals surface area contributed by atoms with Crippen LogP contribution in [0.1, 0.15) is 35.7 Å². The highest BCUT2D eigenvalue weighted by atomic mass is 19.3. The van der Waals surface area contributed by atoms with E-state index >= 15 is 0 Å². The van der Waals surface area contributed by atoms with Crippen LogP contribution in [-0.4, -0.2) is 30.4 Å². The van der Waals surface area contributed by atoms with E-state index in [1.807, 2.05) is 0 Å². The van der Waals surface area contributed by atoms with Crippen LogP contribution in [0.5, 0.6) is 5.75 Å². The van der Waals surface area contributed by atoms with E-state index in [-0.39, 0.29) is 18.1 Å². The van der Waals surface area contributed by atoms with Crippen LogP contribution in [0.3, 0.4) is 0 Å². The second-order valence-corrected chi connectivity index (χ2v) is 6.91. The van der Waals surface area contributed by atoms with Crippen molar-refractivity contribution < 1.29 is 22.7 Å². The van der Waals surface area contributed by atoms with Gasteiger partial charge < -0.3 is 10.5 Å². The molecule has 8 heteroatoms. The van der Waals surface area contributed by atoms with Crippen LogP contribution < -0.4 is 10.5 Å². The molecule has 0 saturated heterocycles. The Morgan fingerprint density at radius 2 is 1.90 bits per heavy atom. The number of nitrogens with two attached hydrogens (primary N) is 1. The molecule has 2 aromatic carbocycles. The van der Waals surface area contributed by atoms with Gasteiger partial charge >= 0.3 is 6.61 Å². The minimum Gasteiger partial charge on any atom is -0.435 e. The molecule has 0 radical (unpaired) electrons. The first-order valence-corrected chi connectivity index (χ1v) is 9.34. The molecule has 0 aromatic heterocycles. The van der Waals surface area contributed by atoms with Crippen molar-refractivity contribution in [2.45, 2.75) is 31.2 Å². The summed E-state index contributed by atoms with van der Waals surface area (Å²) >= 11 is 0. The zero-order valence-corrected chi connectivity index (χ0v) is 16.4. The van der Waals surface area contributed by atoms with Gasteiger partial charge in [0.05, 0.1) is 0 Å². The lowest BCUT2D eigenvalue weighted by molar-refractivity contribution is -0.129. The van der Waals surface area contributed by atoms with Gasteiger partial charge in [-0.3, -0.25) is 9.69 Å². The van der Waals surface area contributed by atoms with Crippen molar-refractivity contribution in [1.82, 2.24) is 4.90 Å². The molecule has 3 rings (SSSR count). The van der Waals surface area contributed by atoms with Crippen molar-refractivity contribution >= 4 is 11.9 Å². The summed E-state index contributed by atoms with van der Waals surface area (Å²) in [7, 11) is 1.49. The number of halogens is 3. The number of allylic oxidation sites excluding steroid dienone is 1. The molecule has 2 aromatic rings. The average Bonchev–Trinajstić information content (AvgIpc) is 2.97. The first-order valence-electron chi connectivity index (χ1n) is 9.34. The Labute approximate surface area is 172 Å². The van der Waals surface area contributed by atoms with Gasteiger partial charge in [0.15, 0.2) is 11.5 Å². The number of nitrogens with zero attached hydrogens (tertiary/aromatic N) is 2. The molecule has 0 spiro atoms. The largest absolute Gasteiger partial charge is 0.435 e. The van der Waals surface area contributed by atoms with Crippen molar-refractivity contribution in [3.63, 3.8) is 0 Å². The zero-order chi connectivity index (χ0) is 21.9. The van der Waals surface area contributed by atoms with Gasteiger partial charge in [-0.05, 0) is 47.7 Å². The number of ether oxygens (including phenoxy) is 1. The molecule has 1 aliphatic rings. The number of alkyl halides is 3. The Hall–Kier alpha value is -3.29. The minimum atomic E-state index is -2.97. The summed E-state index contributed by atoms with van der Waals surface area (Å²) in [6.07, 6.45) is 1.17. The first kappa shape index (κ1) is 21.4. The molecule has 158 valence electrons. The predicted molar refractivity (Wildman–Crippen MR) is 108 cm³/mol. The molecule has 2 N–H and O–H groups in total. The van der Waals surface area contributed by atoms with Crippen molar-refractivity contribution in [3.8, 4) is 5.75 Å². The molecule has 0 fully saturated rings. The van der Waals surface area contributed by atoms with E-state index in [0.717, 1.165) is 0 Å². The first-order chi connectivity index (χ1) is 14.3. The lowest BCUT2D eigenvalue weighted by atomic mass is 9.81. The summed E-state index contributed by atoms with van der Waals surface area (Å²) < 4.78 is 44.0. The van der Waals surface area contributed by atoms with Crippen LogP contribution >= 0.6 is 0 Å². The Kier molecular flexibility index (Phi) is 6.14. The van der Waals surface area contributed by atoms with Crippen LogP contribution in [0.25, 0.3) is 0 Å². The second kappa shape index (κ2) is 8.61. The maximum absolute atomic E-state index is 14.7. The number of carbonyl (C=O) groups excluding carboxylic acids is 1. The molecule has 1 aliphatic heterocycles. The van der Waals surface area contributed by atoms with Crippen LogP contribution in [0.2, 0.25) is 0 Å². The third-order valence-corrected chi connectivity index (χ3v) is 5.03. The van der Waals surface area contributed by atoms with Gasteiger partial charge in [-0.2, -0.15) is 8.78 Å². The Bertz CT molecular complexity index is 962. The number of aliphatic imine (C=N–C) groups is 1. The van der Waals surface area contributed by atoms with E-state index in [1.165, 1.54) is 36.2 Å². The standard InChI is InChI=1S/C22H22F3N3O2/c1-3-4-8-18(23)14-6-5-7-16(13-14)22(19(29)28(2)21(26)27-22)15-9-11-17(12-10-15)30-20(24)25/h3,5-7,9-13,18,20H,1,4,8H2,2H3,(H2,26,27). The molecular formula is C22H22F3N3O2. The molecule has 30 heavy (non-hydrogen) atoms. The fourth-order valence-electron chi connectivity index (χ4n) is 3.45. The number of benzene rings is 2. The lowest BCUT2D eigenvalue weighted by Crippen LogP contribution is -2.41. The van der Waals surface area contributed by atoms with E-state index in [4.69, 9.17) is 5.73 Å². The number of carbonyl (C=O) groups is 1. The molecule has 1 amide bonds. The van der Waals surface area contributed by atoms with E-state index < -0.39 is 24.2 Å². The topological polar surface area (TPSA) is 67.9 Å². The molecule has 0 aliphatic carbocycles. The molecule has 2 atom stereocenters. The Morgan fingerprint density at radius 1 is 1.20 bits per heavy atom. The number of hydrogen-bond donors (Lipinski definition) is 1. The van der Waals surface area contributed by atoms with E-state index in [9.17, 15) is 18.0 Å². The Morgan fingerprint density at radius 3 is 2.47 bits per heavy atom. The monoisotopic (exact) mass is 417 g/mol. The van der Waals surface area contributed by atoms with E-state index in [0.29, 0.717) is 23.1 Å².